The molecule has 0 radical (unpaired) electrons. The smallest absolute Gasteiger partial charge is 0.129 e. The minimum Gasteiger partial charge on any atom is -0.309 e. The normalized spacial score (nSPS) is 12.5. The van der Waals surface area contributed by atoms with Gasteiger partial charge < -0.3 is 5.32 Å². The highest BCUT2D eigenvalue weighted by Gasteiger charge is 2.18. The fraction of sp³-hybridized carbons (Fsp3) is 0.294. The Morgan fingerprint density at radius 2 is 1.55 bits per heavy atom. The van der Waals surface area contributed by atoms with Crippen LogP contribution in [0.15, 0.2) is 30.3 Å². The molecule has 0 aliphatic rings. The van der Waals surface area contributed by atoms with E-state index in [1.54, 1.807) is 39.1 Å². The van der Waals surface area contributed by atoms with E-state index in [4.69, 9.17) is 0 Å². The first-order chi connectivity index (χ1) is 9.43. The third kappa shape index (κ3) is 2.73. The Kier molecular flexibility index (Phi) is 4.19. The Morgan fingerprint density at radius 3 is 2.10 bits per heavy atom. The van der Waals surface area contributed by atoms with Gasteiger partial charge in [-0.3, -0.25) is 0 Å². The lowest BCUT2D eigenvalue weighted by atomic mass is 9.94. The Morgan fingerprint density at radius 1 is 0.950 bits per heavy atom. The average Bonchev–Trinajstić information content (AvgIpc) is 2.40. The van der Waals surface area contributed by atoms with E-state index in [1.807, 2.05) is 13.0 Å². The molecule has 1 atom stereocenters. The van der Waals surface area contributed by atoms with Gasteiger partial charge in [0.25, 0.3) is 0 Å². The second-order valence-electron chi connectivity index (χ2n) is 5.22. The number of benzene rings is 2. The highest BCUT2D eigenvalue weighted by atomic mass is 19.1. The summed E-state index contributed by atoms with van der Waals surface area (Å²) >= 11 is 0. The lowest BCUT2D eigenvalue weighted by Gasteiger charge is -2.20. The fourth-order valence-corrected chi connectivity index (χ4v) is 2.53. The third-order valence-corrected chi connectivity index (χ3v) is 3.54. The molecule has 0 amide bonds. The van der Waals surface area contributed by atoms with Gasteiger partial charge in [0.1, 0.15) is 11.6 Å². The largest absolute Gasteiger partial charge is 0.309 e. The Bertz CT molecular complexity index is 612. The van der Waals surface area contributed by atoms with Crippen LogP contribution in [-0.2, 0) is 0 Å². The molecule has 2 aromatic rings. The predicted octanol–water partition coefficient (Wildman–Crippen LogP) is 4.20. The lowest BCUT2D eigenvalue weighted by molar-refractivity contribution is 0.572. The summed E-state index contributed by atoms with van der Waals surface area (Å²) in [6.45, 7) is 5.38. The maximum absolute atomic E-state index is 14.1. The predicted molar refractivity (Wildman–Crippen MR) is 77.9 cm³/mol. The highest BCUT2D eigenvalue weighted by Crippen LogP contribution is 2.27. The monoisotopic (exact) mass is 275 g/mol. The van der Waals surface area contributed by atoms with Crippen LogP contribution in [-0.4, -0.2) is 7.05 Å². The van der Waals surface area contributed by atoms with Crippen molar-refractivity contribution in [3.8, 4) is 0 Å². The Labute approximate surface area is 118 Å². The molecule has 0 heterocycles. The molecular weight excluding hydrogens is 256 g/mol. The number of hydrogen-bond acceptors (Lipinski definition) is 1. The summed E-state index contributed by atoms with van der Waals surface area (Å²) in [4.78, 5) is 0. The fourth-order valence-electron chi connectivity index (χ4n) is 2.53. The second-order valence-corrected chi connectivity index (χ2v) is 5.22. The highest BCUT2D eigenvalue weighted by molar-refractivity contribution is 5.39. The van der Waals surface area contributed by atoms with Crippen LogP contribution in [0, 0.1) is 32.4 Å². The van der Waals surface area contributed by atoms with Crippen LogP contribution >= 0.6 is 0 Å². The summed E-state index contributed by atoms with van der Waals surface area (Å²) in [6, 6.07) is 8.29. The lowest BCUT2D eigenvalue weighted by Crippen LogP contribution is -2.19. The molecule has 0 aliphatic carbocycles. The van der Waals surface area contributed by atoms with Crippen molar-refractivity contribution in [2.45, 2.75) is 26.8 Å². The van der Waals surface area contributed by atoms with Crippen LogP contribution in [0.5, 0.6) is 0 Å². The molecule has 2 rings (SSSR count). The quantitative estimate of drug-likeness (QED) is 0.885. The number of hydrogen-bond donors (Lipinski definition) is 1. The van der Waals surface area contributed by atoms with Gasteiger partial charge in [0.05, 0.1) is 6.04 Å². The SMILES string of the molecule is CNC(c1cc(C)c(F)c(C)c1)c1cc(C)ccc1F. The van der Waals surface area contributed by atoms with Crippen molar-refractivity contribution in [3.05, 3.63) is 69.8 Å². The molecule has 0 fully saturated rings. The summed E-state index contributed by atoms with van der Waals surface area (Å²) in [5.41, 5.74) is 3.60. The van der Waals surface area contributed by atoms with E-state index in [0.717, 1.165) is 11.1 Å². The van der Waals surface area contributed by atoms with E-state index in [1.165, 1.54) is 6.07 Å². The van der Waals surface area contributed by atoms with Gasteiger partial charge in [-0.15, -0.1) is 0 Å². The topological polar surface area (TPSA) is 12.0 Å². The summed E-state index contributed by atoms with van der Waals surface area (Å²) in [5.74, 6) is -0.456. The standard InChI is InChI=1S/C17H19F2N/c1-10-5-6-15(18)14(7-10)17(20-4)13-8-11(2)16(19)12(3)9-13/h5-9,17,20H,1-4H3. The summed E-state index contributed by atoms with van der Waals surface area (Å²) in [5, 5.41) is 3.11. The molecule has 1 nitrogen and oxygen atoms in total. The zero-order valence-corrected chi connectivity index (χ0v) is 12.2. The summed E-state index contributed by atoms with van der Waals surface area (Å²) in [6.07, 6.45) is 0. The van der Waals surface area contributed by atoms with Crippen LogP contribution in [0.25, 0.3) is 0 Å². The number of nitrogens with one attached hydrogen (secondary N) is 1. The van der Waals surface area contributed by atoms with Gasteiger partial charge in [-0.05, 0) is 50.6 Å². The van der Waals surface area contributed by atoms with Crippen molar-refractivity contribution in [3.63, 3.8) is 0 Å². The van der Waals surface area contributed by atoms with E-state index in [0.29, 0.717) is 16.7 Å². The summed E-state index contributed by atoms with van der Waals surface area (Å²) in [7, 11) is 1.78. The first-order valence-corrected chi connectivity index (χ1v) is 6.64. The van der Waals surface area contributed by atoms with Crippen molar-refractivity contribution >= 4 is 0 Å². The van der Waals surface area contributed by atoms with Crippen molar-refractivity contribution in [1.82, 2.24) is 5.32 Å². The molecule has 2 aromatic carbocycles. The molecule has 1 unspecified atom stereocenters. The van der Waals surface area contributed by atoms with Gasteiger partial charge in [-0.2, -0.15) is 0 Å². The van der Waals surface area contributed by atoms with Crippen LogP contribution in [0.3, 0.4) is 0 Å². The maximum atomic E-state index is 14.1. The van der Waals surface area contributed by atoms with Gasteiger partial charge in [-0.1, -0.05) is 29.8 Å². The van der Waals surface area contributed by atoms with Crippen molar-refractivity contribution in [1.29, 1.82) is 0 Å². The molecule has 0 aromatic heterocycles. The maximum Gasteiger partial charge on any atom is 0.129 e. The minimum absolute atomic E-state index is 0.201. The number of halogens is 2. The first-order valence-electron chi connectivity index (χ1n) is 6.64. The van der Waals surface area contributed by atoms with E-state index in [2.05, 4.69) is 5.32 Å². The molecule has 3 heteroatoms. The van der Waals surface area contributed by atoms with Crippen LogP contribution in [0.1, 0.15) is 33.9 Å². The van der Waals surface area contributed by atoms with Crippen molar-refractivity contribution in [2.24, 2.45) is 0 Å². The molecule has 0 spiro atoms. The molecule has 20 heavy (non-hydrogen) atoms. The minimum atomic E-state index is -0.284. The van der Waals surface area contributed by atoms with E-state index >= 15 is 0 Å². The number of aryl methyl sites for hydroxylation is 3. The van der Waals surface area contributed by atoms with Crippen LogP contribution in [0.2, 0.25) is 0 Å². The molecule has 0 bridgehead atoms. The zero-order chi connectivity index (χ0) is 14.9. The van der Waals surface area contributed by atoms with E-state index in [-0.39, 0.29) is 17.7 Å². The van der Waals surface area contributed by atoms with Gasteiger partial charge >= 0.3 is 0 Å². The summed E-state index contributed by atoms with van der Waals surface area (Å²) < 4.78 is 27.8. The van der Waals surface area contributed by atoms with E-state index < -0.39 is 0 Å². The first kappa shape index (κ1) is 14.7. The second kappa shape index (κ2) is 5.71. The molecular formula is C17H19F2N. The van der Waals surface area contributed by atoms with Gasteiger partial charge in [0.2, 0.25) is 0 Å². The van der Waals surface area contributed by atoms with Gasteiger partial charge in [-0.25, -0.2) is 8.78 Å². The van der Waals surface area contributed by atoms with Gasteiger partial charge in [0.15, 0.2) is 0 Å². The van der Waals surface area contributed by atoms with Crippen LogP contribution in [0.4, 0.5) is 8.78 Å². The Balaban J connectivity index is 2.55. The molecule has 0 saturated heterocycles. The number of rotatable bonds is 3. The molecule has 0 aliphatic heterocycles. The zero-order valence-electron chi connectivity index (χ0n) is 12.2. The van der Waals surface area contributed by atoms with Crippen molar-refractivity contribution in [2.75, 3.05) is 7.05 Å². The van der Waals surface area contributed by atoms with Gasteiger partial charge in [0, 0.05) is 5.56 Å². The molecule has 0 saturated carbocycles. The molecule has 106 valence electrons. The van der Waals surface area contributed by atoms with E-state index in [9.17, 15) is 8.78 Å². The van der Waals surface area contributed by atoms with Crippen molar-refractivity contribution < 1.29 is 8.78 Å². The Hall–Kier alpha value is -1.74. The molecule has 1 N–H and O–H groups in total. The average molecular weight is 275 g/mol. The third-order valence-electron chi connectivity index (χ3n) is 3.54. The van der Waals surface area contributed by atoms with Crippen LogP contribution < -0.4 is 5.32 Å².